The highest BCUT2D eigenvalue weighted by Gasteiger charge is 2.42. The minimum absolute atomic E-state index is 0.0158. The summed E-state index contributed by atoms with van der Waals surface area (Å²) in [6.07, 6.45) is 6.09. The van der Waals surface area contributed by atoms with Crippen LogP contribution in [0.3, 0.4) is 0 Å². The molecule has 126 valence electrons. The fourth-order valence-electron chi connectivity index (χ4n) is 2.97. The first-order valence-corrected chi connectivity index (χ1v) is 10.1. The molecule has 0 aliphatic heterocycles. The Kier molecular flexibility index (Phi) is 4.36. The van der Waals surface area contributed by atoms with Crippen molar-refractivity contribution in [3.8, 4) is 0 Å². The van der Waals surface area contributed by atoms with Gasteiger partial charge in [-0.1, -0.05) is 6.07 Å². The molecule has 0 aromatic heterocycles. The van der Waals surface area contributed by atoms with Crippen molar-refractivity contribution in [2.45, 2.75) is 43.5 Å². The third-order valence-electron chi connectivity index (χ3n) is 4.66. The fraction of sp³-hybridized carbons (Fsp3) is 0.588. The predicted molar refractivity (Wildman–Crippen MR) is 90.2 cm³/mol. The molecule has 5 nitrogen and oxygen atoms in total. The van der Waals surface area contributed by atoms with Crippen LogP contribution in [0.25, 0.3) is 0 Å². The van der Waals surface area contributed by atoms with Gasteiger partial charge in [0.05, 0.1) is 11.4 Å². The minimum atomic E-state index is -3.25. The van der Waals surface area contributed by atoms with Crippen molar-refractivity contribution in [1.82, 2.24) is 5.32 Å². The maximum absolute atomic E-state index is 12.2. The molecule has 0 bridgehead atoms. The summed E-state index contributed by atoms with van der Waals surface area (Å²) < 4.78 is 23.3. The molecule has 0 radical (unpaired) electrons. The van der Waals surface area contributed by atoms with Crippen molar-refractivity contribution in [3.05, 3.63) is 23.8 Å². The molecular weight excluding hydrogens is 312 g/mol. The molecule has 3 rings (SSSR count). The van der Waals surface area contributed by atoms with E-state index < -0.39 is 9.84 Å². The van der Waals surface area contributed by atoms with Gasteiger partial charge in [-0.05, 0) is 62.1 Å². The van der Waals surface area contributed by atoms with Crippen LogP contribution in [0.15, 0.2) is 23.1 Å². The number of carbonyl (C=O) groups is 1. The van der Waals surface area contributed by atoms with Crippen LogP contribution in [0, 0.1) is 18.8 Å². The van der Waals surface area contributed by atoms with Crippen LogP contribution in [-0.2, 0) is 14.6 Å². The lowest BCUT2D eigenvalue weighted by molar-refractivity contribution is -0.120. The monoisotopic (exact) mass is 336 g/mol. The summed E-state index contributed by atoms with van der Waals surface area (Å²) in [5.41, 5.74) is 1.61. The van der Waals surface area contributed by atoms with Gasteiger partial charge < -0.3 is 10.6 Å². The summed E-state index contributed by atoms with van der Waals surface area (Å²) in [5, 5.41) is 6.23. The van der Waals surface area contributed by atoms with E-state index in [1.807, 2.05) is 6.92 Å². The quantitative estimate of drug-likeness (QED) is 0.800. The molecular formula is C17H24N2O3S. The molecule has 2 N–H and O–H groups in total. The van der Waals surface area contributed by atoms with Crippen molar-refractivity contribution in [1.29, 1.82) is 0 Å². The Hall–Kier alpha value is -1.56. The number of hydrogen-bond donors (Lipinski definition) is 2. The maximum Gasteiger partial charge on any atom is 0.239 e. The molecule has 6 heteroatoms. The summed E-state index contributed by atoms with van der Waals surface area (Å²) in [7, 11) is -3.25. The molecule has 2 saturated carbocycles. The number of aryl methyl sites for hydroxylation is 1. The van der Waals surface area contributed by atoms with Gasteiger partial charge in [0.15, 0.2) is 9.84 Å². The van der Waals surface area contributed by atoms with Gasteiger partial charge in [-0.3, -0.25) is 4.79 Å². The SMILES string of the molecule is Cc1ccc(S(C)(=O)=O)cc1NCC(=O)NC(C1CC1)C1CC1. The lowest BCUT2D eigenvalue weighted by Crippen LogP contribution is -2.41. The molecule has 0 atom stereocenters. The van der Waals surface area contributed by atoms with E-state index in [0.29, 0.717) is 23.6 Å². The van der Waals surface area contributed by atoms with Gasteiger partial charge in [-0.15, -0.1) is 0 Å². The zero-order chi connectivity index (χ0) is 16.6. The highest BCUT2D eigenvalue weighted by Crippen LogP contribution is 2.44. The Bertz CT molecular complexity index is 695. The van der Waals surface area contributed by atoms with Gasteiger partial charge in [0.25, 0.3) is 0 Å². The number of rotatable bonds is 7. The normalized spacial score (nSPS) is 18.0. The summed E-state index contributed by atoms with van der Waals surface area (Å²) in [5.74, 6) is 1.32. The zero-order valence-electron chi connectivity index (χ0n) is 13.6. The fourth-order valence-corrected chi connectivity index (χ4v) is 3.61. The van der Waals surface area contributed by atoms with E-state index in [0.717, 1.165) is 5.56 Å². The predicted octanol–water partition coefficient (Wildman–Crippen LogP) is 2.12. The van der Waals surface area contributed by atoms with Crippen LogP contribution in [0.5, 0.6) is 0 Å². The van der Waals surface area contributed by atoms with E-state index in [2.05, 4.69) is 10.6 Å². The van der Waals surface area contributed by atoms with Crippen molar-refractivity contribution < 1.29 is 13.2 Å². The van der Waals surface area contributed by atoms with Crippen LogP contribution >= 0.6 is 0 Å². The summed E-state index contributed by atoms with van der Waals surface area (Å²) >= 11 is 0. The molecule has 2 aliphatic carbocycles. The number of benzene rings is 1. The summed E-state index contributed by atoms with van der Waals surface area (Å²) in [4.78, 5) is 12.5. The Morgan fingerprint density at radius 2 is 1.83 bits per heavy atom. The molecule has 0 saturated heterocycles. The van der Waals surface area contributed by atoms with Crippen molar-refractivity contribution in [2.75, 3.05) is 18.1 Å². The highest BCUT2D eigenvalue weighted by atomic mass is 32.2. The van der Waals surface area contributed by atoms with E-state index in [-0.39, 0.29) is 17.3 Å². The number of anilines is 1. The topological polar surface area (TPSA) is 75.3 Å². The van der Waals surface area contributed by atoms with Gasteiger partial charge >= 0.3 is 0 Å². The average Bonchev–Trinajstić information content (AvgIpc) is 3.36. The lowest BCUT2D eigenvalue weighted by atomic mass is 10.1. The molecule has 2 fully saturated rings. The van der Waals surface area contributed by atoms with E-state index >= 15 is 0 Å². The molecule has 2 aliphatic rings. The Morgan fingerprint density at radius 3 is 2.35 bits per heavy atom. The number of nitrogens with one attached hydrogen (secondary N) is 2. The lowest BCUT2D eigenvalue weighted by Gasteiger charge is -2.18. The maximum atomic E-state index is 12.2. The Labute approximate surface area is 137 Å². The second-order valence-electron chi connectivity index (χ2n) is 6.87. The first-order valence-electron chi connectivity index (χ1n) is 8.18. The van der Waals surface area contributed by atoms with Gasteiger partial charge in [-0.25, -0.2) is 8.42 Å². The van der Waals surface area contributed by atoms with Crippen LogP contribution in [-0.4, -0.2) is 33.2 Å². The van der Waals surface area contributed by atoms with E-state index in [9.17, 15) is 13.2 Å². The minimum Gasteiger partial charge on any atom is -0.376 e. The van der Waals surface area contributed by atoms with Crippen molar-refractivity contribution in [2.24, 2.45) is 11.8 Å². The molecule has 0 spiro atoms. The molecule has 1 aromatic rings. The average molecular weight is 336 g/mol. The molecule has 1 amide bonds. The van der Waals surface area contributed by atoms with Crippen LogP contribution < -0.4 is 10.6 Å². The third-order valence-corrected chi connectivity index (χ3v) is 5.77. The number of hydrogen-bond acceptors (Lipinski definition) is 4. The smallest absolute Gasteiger partial charge is 0.239 e. The third kappa shape index (κ3) is 4.25. The van der Waals surface area contributed by atoms with Crippen LogP contribution in [0.1, 0.15) is 31.2 Å². The van der Waals surface area contributed by atoms with E-state index in [4.69, 9.17) is 0 Å². The van der Waals surface area contributed by atoms with Crippen LogP contribution in [0.4, 0.5) is 5.69 Å². The standard InChI is InChI=1S/C17H24N2O3S/c1-11-3-8-14(23(2,21)22)9-15(11)18-10-16(20)19-17(12-4-5-12)13-6-7-13/h3,8-9,12-13,17-18H,4-7,10H2,1-2H3,(H,19,20). The van der Waals surface area contributed by atoms with Gasteiger partial charge in [0.2, 0.25) is 5.91 Å². The molecule has 23 heavy (non-hydrogen) atoms. The van der Waals surface area contributed by atoms with E-state index in [1.54, 1.807) is 18.2 Å². The first-order chi connectivity index (χ1) is 10.8. The Morgan fingerprint density at radius 1 is 1.22 bits per heavy atom. The van der Waals surface area contributed by atoms with Gasteiger partial charge in [0, 0.05) is 18.0 Å². The Balaban J connectivity index is 1.60. The highest BCUT2D eigenvalue weighted by molar-refractivity contribution is 7.90. The molecule has 0 heterocycles. The van der Waals surface area contributed by atoms with Gasteiger partial charge in [-0.2, -0.15) is 0 Å². The number of carbonyl (C=O) groups excluding carboxylic acids is 1. The molecule has 0 unspecified atom stereocenters. The summed E-state index contributed by atoms with van der Waals surface area (Å²) in [6.45, 7) is 2.06. The second-order valence-corrected chi connectivity index (χ2v) is 8.89. The largest absolute Gasteiger partial charge is 0.376 e. The van der Waals surface area contributed by atoms with Crippen molar-refractivity contribution >= 4 is 21.4 Å². The summed E-state index contributed by atoms with van der Waals surface area (Å²) in [6, 6.07) is 5.28. The van der Waals surface area contributed by atoms with Crippen molar-refractivity contribution in [3.63, 3.8) is 0 Å². The zero-order valence-corrected chi connectivity index (χ0v) is 14.4. The second kappa shape index (κ2) is 6.15. The number of amides is 1. The number of sulfone groups is 1. The van der Waals surface area contributed by atoms with E-state index in [1.165, 1.54) is 31.9 Å². The van der Waals surface area contributed by atoms with Gasteiger partial charge in [0.1, 0.15) is 0 Å². The first kappa shape index (κ1) is 16.3. The van der Waals surface area contributed by atoms with Crippen LogP contribution in [0.2, 0.25) is 0 Å². The molecule has 1 aromatic carbocycles.